The molecule has 0 aliphatic heterocycles. The van der Waals surface area contributed by atoms with E-state index in [1.54, 1.807) is 5.57 Å². The zero-order valence-electron chi connectivity index (χ0n) is 13.0. The molecular formula is C17H33N. The molecule has 1 nitrogen and oxygen atoms in total. The first-order valence-corrected chi connectivity index (χ1v) is 8.07. The summed E-state index contributed by atoms with van der Waals surface area (Å²) in [5.74, 6) is 0. The minimum atomic E-state index is 0.453. The van der Waals surface area contributed by atoms with Gasteiger partial charge in [-0.05, 0) is 38.5 Å². The largest absolute Gasteiger partial charge is 0.314 e. The van der Waals surface area contributed by atoms with Crippen LogP contribution >= 0.6 is 0 Å². The molecule has 0 heterocycles. The van der Waals surface area contributed by atoms with Crippen LogP contribution in [-0.4, -0.2) is 12.6 Å². The Morgan fingerprint density at radius 1 is 1.17 bits per heavy atom. The Bertz CT molecular complexity index is 246. The minimum Gasteiger partial charge on any atom is -0.314 e. The molecule has 0 radical (unpaired) electrons. The highest BCUT2D eigenvalue weighted by Gasteiger charge is 2.32. The summed E-state index contributed by atoms with van der Waals surface area (Å²) >= 11 is 0. The van der Waals surface area contributed by atoms with E-state index in [0.717, 1.165) is 0 Å². The number of rotatable bonds is 8. The number of allylic oxidation sites excluding steroid dienone is 1. The molecule has 0 saturated heterocycles. The Balaban J connectivity index is 2.83. The van der Waals surface area contributed by atoms with Crippen molar-refractivity contribution in [1.82, 2.24) is 5.32 Å². The van der Waals surface area contributed by atoms with Crippen LogP contribution in [-0.2, 0) is 0 Å². The maximum absolute atomic E-state index is 3.71. The van der Waals surface area contributed by atoms with E-state index in [-0.39, 0.29) is 0 Å². The fourth-order valence-corrected chi connectivity index (χ4v) is 3.41. The maximum atomic E-state index is 3.71. The van der Waals surface area contributed by atoms with Gasteiger partial charge in [0, 0.05) is 18.0 Å². The summed E-state index contributed by atoms with van der Waals surface area (Å²) in [7, 11) is 0. The van der Waals surface area contributed by atoms with Crippen LogP contribution in [0.2, 0.25) is 0 Å². The van der Waals surface area contributed by atoms with Crippen LogP contribution in [0.15, 0.2) is 11.6 Å². The van der Waals surface area contributed by atoms with Gasteiger partial charge in [0.05, 0.1) is 0 Å². The molecule has 1 aliphatic rings. The van der Waals surface area contributed by atoms with E-state index in [4.69, 9.17) is 0 Å². The van der Waals surface area contributed by atoms with Crippen molar-refractivity contribution in [2.75, 3.05) is 6.54 Å². The molecule has 0 saturated carbocycles. The van der Waals surface area contributed by atoms with Gasteiger partial charge in [-0.2, -0.15) is 0 Å². The van der Waals surface area contributed by atoms with Crippen LogP contribution in [0.3, 0.4) is 0 Å². The number of hydrogen-bond donors (Lipinski definition) is 1. The van der Waals surface area contributed by atoms with Crippen molar-refractivity contribution in [2.45, 2.75) is 85.1 Å². The monoisotopic (exact) mass is 251 g/mol. The quantitative estimate of drug-likeness (QED) is 0.594. The third-order valence-electron chi connectivity index (χ3n) is 4.28. The van der Waals surface area contributed by atoms with Crippen molar-refractivity contribution < 1.29 is 0 Å². The van der Waals surface area contributed by atoms with Gasteiger partial charge in [-0.15, -0.1) is 0 Å². The molecule has 1 rings (SSSR count). The summed E-state index contributed by atoms with van der Waals surface area (Å²) in [6.45, 7) is 10.4. The van der Waals surface area contributed by atoms with Gasteiger partial charge in [0.15, 0.2) is 0 Å². The van der Waals surface area contributed by atoms with Gasteiger partial charge in [0.2, 0.25) is 0 Å². The van der Waals surface area contributed by atoms with E-state index < -0.39 is 0 Å². The van der Waals surface area contributed by atoms with E-state index in [0.29, 0.717) is 11.5 Å². The topological polar surface area (TPSA) is 12.0 Å². The van der Waals surface area contributed by atoms with Crippen molar-refractivity contribution in [3.63, 3.8) is 0 Å². The standard InChI is InChI=1S/C17H33N/c1-5-12-17(13-6-2,14-18-15(3)4)16-10-8-7-9-11-16/h10,15,18H,5-9,11-14H2,1-4H3. The highest BCUT2D eigenvalue weighted by molar-refractivity contribution is 5.17. The van der Waals surface area contributed by atoms with Gasteiger partial charge in [0.25, 0.3) is 0 Å². The lowest BCUT2D eigenvalue weighted by atomic mass is 9.69. The zero-order chi connectivity index (χ0) is 13.4. The Kier molecular flexibility index (Phi) is 6.99. The van der Waals surface area contributed by atoms with Crippen LogP contribution in [0.5, 0.6) is 0 Å². The summed E-state index contributed by atoms with van der Waals surface area (Å²) < 4.78 is 0. The summed E-state index contributed by atoms with van der Waals surface area (Å²) in [4.78, 5) is 0. The Morgan fingerprint density at radius 2 is 1.83 bits per heavy atom. The van der Waals surface area contributed by atoms with Crippen molar-refractivity contribution in [1.29, 1.82) is 0 Å². The van der Waals surface area contributed by atoms with Crippen molar-refractivity contribution in [2.24, 2.45) is 5.41 Å². The first kappa shape index (κ1) is 15.8. The van der Waals surface area contributed by atoms with E-state index in [1.807, 2.05) is 0 Å². The minimum absolute atomic E-state index is 0.453. The number of hydrogen-bond acceptors (Lipinski definition) is 1. The first-order valence-electron chi connectivity index (χ1n) is 8.07. The van der Waals surface area contributed by atoms with Gasteiger partial charge < -0.3 is 5.32 Å². The molecule has 0 aromatic rings. The smallest absolute Gasteiger partial charge is 0.00476 e. The molecule has 0 atom stereocenters. The molecule has 0 aromatic heterocycles. The molecule has 0 amide bonds. The summed E-state index contributed by atoms with van der Waals surface area (Å²) in [5.41, 5.74) is 2.22. The predicted octanol–water partition coefficient (Wildman–Crippen LogP) is 5.07. The average Bonchev–Trinajstić information content (AvgIpc) is 2.37. The molecule has 18 heavy (non-hydrogen) atoms. The second-order valence-corrected chi connectivity index (χ2v) is 6.29. The van der Waals surface area contributed by atoms with Gasteiger partial charge in [-0.25, -0.2) is 0 Å². The molecule has 0 bridgehead atoms. The predicted molar refractivity (Wildman–Crippen MR) is 81.9 cm³/mol. The lowest BCUT2D eigenvalue weighted by Gasteiger charge is -2.39. The normalized spacial score (nSPS) is 17.1. The average molecular weight is 251 g/mol. The van der Waals surface area contributed by atoms with Crippen LogP contribution in [0.4, 0.5) is 0 Å². The van der Waals surface area contributed by atoms with Gasteiger partial charge in [-0.1, -0.05) is 52.2 Å². The third-order valence-corrected chi connectivity index (χ3v) is 4.28. The molecule has 1 heteroatoms. The van der Waals surface area contributed by atoms with Crippen LogP contribution in [0, 0.1) is 5.41 Å². The fourth-order valence-electron chi connectivity index (χ4n) is 3.41. The molecule has 0 fully saturated rings. The molecule has 0 unspecified atom stereocenters. The van der Waals surface area contributed by atoms with Gasteiger partial charge in [0.1, 0.15) is 0 Å². The first-order chi connectivity index (χ1) is 8.64. The van der Waals surface area contributed by atoms with Crippen molar-refractivity contribution >= 4 is 0 Å². The molecule has 1 N–H and O–H groups in total. The Labute approximate surface area is 114 Å². The molecular weight excluding hydrogens is 218 g/mol. The zero-order valence-corrected chi connectivity index (χ0v) is 13.0. The summed E-state index contributed by atoms with van der Waals surface area (Å²) in [5, 5.41) is 3.71. The van der Waals surface area contributed by atoms with E-state index in [2.05, 4.69) is 39.1 Å². The van der Waals surface area contributed by atoms with Crippen LogP contribution < -0.4 is 5.32 Å². The third kappa shape index (κ3) is 4.42. The fraction of sp³-hybridized carbons (Fsp3) is 0.882. The summed E-state index contributed by atoms with van der Waals surface area (Å²) in [6.07, 6.45) is 13.3. The van der Waals surface area contributed by atoms with E-state index in [1.165, 1.54) is 57.9 Å². The van der Waals surface area contributed by atoms with Gasteiger partial charge in [-0.3, -0.25) is 0 Å². The van der Waals surface area contributed by atoms with Crippen molar-refractivity contribution in [3.05, 3.63) is 11.6 Å². The Hall–Kier alpha value is -0.300. The lowest BCUT2D eigenvalue weighted by molar-refractivity contribution is 0.257. The number of nitrogens with one attached hydrogen (secondary N) is 1. The molecule has 0 spiro atoms. The SMILES string of the molecule is CCCC(CCC)(CNC(C)C)C1=CCCCC1. The van der Waals surface area contributed by atoms with Crippen LogP contribution in [0.1, 0.15) is 79.1 Å². The van der Waals surface area contributed by atoms with Gasteiger partial charge >= 0.3 is 0 Å². The molecule has 1 aliphatic carbocycles. The molecule has 106 valence electrons. The summed E-state index contributed by atoms with van der Waals surface area (Å²) in [6, 6.07) is 0.599. The molecule has 0 aromatic carbocycles. The van der Waals surface area contributed by atoms with E-state index in [9.17, 15) is 0 Å². The highest BCUT2D eigenvalue weighted by atomic mass is 14.9. The van der Waals surface area contributed by atoms with E-state index >= 15 is 0 Å². The van der Waals surface area contributed by atoms with Crippen LogP contribution in [0.25, 0.3) is 0 Å². The second-order valence-electron chi connectivity index (χ2n) is 6.29. The maximum Gasteiger partial charge on any atom is 0.00476 e. The Morgan fingerprint density at radius 3 is 2.28 bits per heavy atom. The lowest BCUT2D eigenvalue weighted by Crippen LogP contribution is -2.39. The highest BCUT2D eigenvalue weighted by Crippen LogP contribution is 2.41. The second kappa shape index (κ2) is 7.99. The van der Waals surface area contributed by atoms with Crippen molar-refractivity contribution in [3.8, 4) is 0 Å².